The summed E-state index contributed by atoms with van der Waals surface area (Å²) in [7, 11) is 0. The first-order valence-electron chi connectivity index (χ1n) is 9.90. The van der Waals surface area contributed by atoms with Crippen molar-refractivity contribution in [3.8, 4) is 0 Å². The maximum absolute atomic E-state index is 12.6. The van der Waals surface area contributed by atoms with E-state index in [-0.39, 0.29) is 5.91 Å². The Hall–Kier alpha value is -1.98. The van der Waals surface area contributed by atoms with Crippen molar-refractivity contribution in [1.29, 1.82) is 0 Å². The molecule has 0 unspecified atom stereocenters. The first kappa shape index (κ1) is 22.2. The Morgan fingerprint density at radius 2 is 1.68 bits per heavy atom. The van der Waals surface area contributed by atoms with E-state index in [2.05, 4.69) is 12.2 Å². The number of benzene rings is 3. The highest BCUT2D eigenvalue weighted by molar-refractivity contribution is 7.99. The van der Waals surface area contributed by atoms with Gasteiger partial charge in [-0.25, -0.2) is 4.99 Å². The Bertz CT molecular complexity index is 1190. The molecule has 158 valence electrons. The van der Waals surface area contributed by atoms with Gasteiger partial charge < -0.3 is 5.32 Å². The SMILES string of the molecule is CCCCNC(=O)c1ccc2c(c1)N=C(c1ccc(Cl)cc1Cl)c1ccc(Cl)cc1S2. The summed E-state index contributed by atoms with van der Waals surface area (Å²) in [5.41, 5.74) is 3.68. The lowest BCUT2D eigenvalue weighted by atomic mass is 10.0. The predicted octanol–water partition coefficient (Wildman–Crippen LogP) is 7.81. The van der Waals surface area contributed by atoms with Crippen LogP contribution in [-0.4, -0.2) is 18.2 Å². The number of halogens is 3. The summed E-state index contributed by atoms with van der Waals surface area (Å²) in [6.45, 7) is 2.74. The number of hydrogen-bond acceptors (Lipinski definition) is 3. The van der Waals surface area contributed by atoms with Gasteiger partial charge in [-0.3, -0.25) is 4.79 Å². The second-order valence-electron chi connectivity index (χ2n) is 7.12. The number of amides is 1. The van der Waals surface area contributed by atoms with Gasteiger partial charge >= 0.3 is 0 Å². The molecule has 3 aromatic rings. The van der Waals surface area contributed by atoms with Crippen LogP contribution in [0, 0.1) is 0 Å². The fraction of sp³-hybridized carbons (Fsp3) is 0.167. The lowest BCUT2D eigenvalue weighted by Crippen LogP contribution is -2.24. The van der Waals surface area contributed by atoms with Gasteiger partial charge in [0.15, 0.2) is 0 Å². The average molecular weight is 490 g/mol. The smallest absolute Gasteiger partial charge is 0.251 e. The molecule has 0 bridgehead atoms. The summed E-state index contributed by atoms with van der Waals surface area (Å²) in [4.78, 5) is 19.4. The summed E-state index contributed by atoms with van der Waals surface area (Å²) in [5, 5.41) is 4.66. The Labute approximate surface area is 200 Å². The van der Waals surface area contributed by atoms with Crippen LogP contribution < -0.4 is 5.32 Å². The van der Waals surface area contributed by atoms with Gasteiger partial charge in [0.2, 0.25) is 0 Å². The number of carbonyl (C=O) groups excluding carboxylic acids is 1. The normalized spacial score (nSPS) is 12.5. The van der Waals surface area contributed by atoms with Gasteiger partial charge in [0, 0.05) is 43.1 Å². The Kier molecular flexibility index (Phi) is 6.92. The number of hydrogen-bond donors (Lipinski definition) is 1. The van der Waals surface area contributed by atoms with Crippen LogP contribution in [0.15, 0.2) is 69.4 Å². The standard InChI is InChI=1S/C24H19Cl3N2OS/c1-2-3-10-28-24(30)14-4-9-21-20(11-14)29-23(17-7-5-15(25)12-19(17)27)18-8-6-16(26)13-22(18)31-21/h4-9,11-13H,2-3,10H2,1H3,(H,28,30). The number of unbranched alkanes of at least 4 members (excludes halogenated alkanes) is 1. The average Bonchev–Trinajstić information content (AvgIpc) is 2.89. The Morgan fingerprint density at radius 1 is 0.935 bits per heavy atom. The van der Waals surface area contributed by atoms with Crippen molar-refractivity contribution in [2.24, 2.45) is 4.99 Å². The molecule has 0 aliphatic carbocycles. The fourth-order valence-corrected chi connectivity index (χ4v) is 5.05. The molecule has 0 atom stereocenters. The molecule has 0 saturated carbocycles. The van der Waals surface area contributed by atoms with Gasteiger partial charge in [0.25, 0.3) is 5.91 Å². The Balaban J connectivity index is 1.84. The van der Waals surface area contributed by atoms with Crippen LogP contribution in [0.25, 0.3) is 0 Å². The maximum atomic E-state index is 12.6. The first-order valence-corrected chi connectivity index (χ1v) is 11.9. The van der Waals surface area contributed by atoms with Crippen LogP contribution in [0.2, 0.25) is 15.1 Å². The van der Waals surface area contributed by atoms with Gasteiger partial charge in [-0.1, -0.05) is 66.0 Å². The summed E-state index contributed by atoms with van der Waals surface area (Å²) >= 11 is 20.5. The molecule has 0 spiro atoms. The van der Waals surface area contributed by atoms with Crippen LogP contribution in [0.3, 0.4) is 0 Å². The molecule has 7 heteroatoms. The largest absolute Gasteiger partial charge is 0.352 e. The Morgan fingerprint density at radius 3 is 2.42 bits per heavy atom. The maximum Gasteiger partial charge on any atom is 0.251 e. The molecule has 0 fully saturated rings. The number of nitrogens with one attached hydrogen (secondary N) is 1. The number of rotatable bonds is 5. The monoisotopic (exact) mass is 488 g/mol. The van der Waals surface area contributed by atoms with Gasteiger partial charge in [-0.05, 0) is 55.0 Å². The molecule has 1 heterocycles. The van der Waals surface area contributed by atoms with E-state index >= 15 is 0 Å². The first-order chi connectivity index (χ1) is 15.0. The van der Waals surface area contributed by atoms with Crippen LogP contribution in [-0.2, 0) is 0 Å². The van der Waals surface area contributed by atoms with E-state index in [1.165, 1.54) is 0 Å². The van der Waals surface area contributed by atoms with Crippen molar-refractivity contribution >= 4 is 63.9 Å². The highest BCUT2D eigenvalue weighted by atomic mass is 35.5. The molecule has 0 saturated heterocycles. The molecule has 1 aliphatic heterocycles. The van der Waals surface area contributed by atoms with Crippen LogP contribution in [0.4, 0.5) is 5.69 Å². The second kappa shape index (κ2) is 9.66. The quantitative estimate of drug-likeness (QED) is 0.290. The molecule has 1 N–H and O–H groups in total. The zero-order valence-electron chi connectivity index (χ0n) is 16.7. The molecule has 31 heavy (non-hydrogen) atoms. The van der Waals surface area contributed by atoms with Crippen molar-refractivity contribution in [3.05, 3.63) is 86.4 Å². The molecule has 1 amide bonds. The third kappa shape index (κ3) is 4.93. The van der Waals surface area contributed by atoms with Crippen LogP contribution in [0.1, 0.15) is 41.3 Å². The van der Waals surface area contributed by atoms with Gasteiger partial charge in [-0.2, -0.15) is 0 Å². The highest BCUT2D eigenvalue weighted by Gasteiger charge is 2.22. The summed E-state index contributed by atoms with van der Waals surface area (Å²) in [5.74, 6) is -0.104. The lowest BCUT2D eigenvalue weighted by molar-refractivity contribution is 0.0953. The van der Waals surface area contributed by atoms with E-state index in [1.54, 1.807) is 23.9 Å². The van der Waals surface area contributed by atoms with E-state index in [9.17, 15) is 4.79 Å². The zero-order chi connectivity index (χ0) is 22.0. The number of fused-ring (bicyclic) bond motifs is 2. The molecule has 0 radical (unpaired) electrons. The minimum Gasteiger partial charge on any atom is -0.352 e. The topological polar surface area (TPSA) is 41.5 Å². The highest BCUT2D eigenvalue weighted by Crippen LogP contribution is 2.43. The van der Waals surface area contributed by atoms with Crippen LogP contribution in [0.5, 0.6) is 0 Å². The molecule has 3 aromatic carbocycles. The van der Waals surface area contributed by atoms with Gasteiger partial charge in [-0.15, -0.1) is 0 Å². The molecule has 4 rings (SSSR count). The third-order valence-electron chi connectivity index (χ3n) is 4.87. The van der Waals surface area contributed by atoms with E-state index in [1.807, 2.05) is 42.5 Å². The van der Waals surface area contributed by atoms with Crippen molar-refractivity contribution in [2.75, 3.05) is 6.54 Å². The molecule has 3 nitrogen and oxygen atoms in total. The minimum atomic E-state index is -0.104. The predicted molar refractivity (Wildman–Crippen MR) is 131 cm³/mol. The number of aliphatic imine (C=N–C) groups is 1. The van der Waals surface area contributed by atoms with Gasteiger partial charge in [0.05, 0.1) is 16.4 Å². The minimum absolute atomic E-state index is 0.104. The summed E-state index contributed by atoms with van der Waals surface area (Å²) < 4.78 is 0. The number of carbonyl (C=O) groups is 1. The van der Waals surface area contributed by atoms with E-state index in [0.29, 0.717) is 38.6 Å². The van der Waals surface area contributed by atoms with E-state index < -0.39 is 0 Å². The zero-order valence-corrected chi connectivity index (χ0v) is 19.8. The van der Waals surface area contributed by atoms with Crippen LogP contribution >= 0.6 is 46.6 Å². The second-order valence-corrected chi connectivity index (χ2v) is 9.48. The van der Waals surface area contributed by atoms with Crippen molar-refractivity contribution < 1.29 is 4.79 Å². The van der Waals surface area contributed by atoms with Crippen molar-refractivity contribution in [1.82, 2.24) is 5.32 Å². The third-order valence-corrected chi connectivity index (χ3v) is 6.78. The molecule has 0 aromatic heterocycles. The van der Waals surface area contributed by atoms with Crippen molar-refractivity contribution in [3.63, 3.8) is 0 Å². The summed E-state index contributed by atoms with van der Waals surface area (Å²) in [6, 6.07) is 16.6. The fourth-order valence-electron chi connectivity index (χ4n) is 3.28. The van der Waals surface area contributed by atoms with Gasteiger partial charge in [0.1, 0.15) is 0 Å². The molecular weight excluding hydrogens is 471 g/mol. The summed E-state index contributed by atoms with van der Waals surface area (Å²) in [6.07, 6.45) is 1.97. The van der Waals surface area contributed by atoms with Crippen molar-refractivity contribution in [2.45, 2.75) is 29.6 Å². The number of nitrogens with zero attached hydrogens (tertiary/aromatic N) is 1. The molecule has 1 aliphatic rings. The molecular formula is C24H19Cl3N2OS. The lowest BCUT2D eigenvalue weighted by Gasteiger charge is -2.11. The van der Waals surface area contributed by atoms with E-state index in [0.717, 1.165) is 33.8 Å². The van der Waals surface area contributed by atoms with E-state index in [4.69, 9.17) is 39.8 Å².